The van der Waals surface area contributed by atoms with E-state index in [9.17, 15) is 9.90 Å². The van der Waals surface area contributed by atoms with Crippen molar-refractivity contribution in [3.8, 4) is 0 Å². The number of rotatable bonds is 0. The van der Waals surface area contributed by atoms with E-state index >= 15 is 0 Å². The summed E-state index contributed by atoms with van der Waals surface area (Å²) < 4.78 is 5.75. The number of ether oxygens (including phenoxy) is 1. The molecule has 0 radical (unpaired) electrons. The lowest BCUT2D eigenvalue weighted by atomic mass is 9.43. The lowest BCUT2D eigenvalue weighted by molar-refractivity contribution is -0.146. The summed E-state index contributed by atoms with van der Waals surface area (Å²) in [7, 11) is 0. The number of fused-ring (bicyclic) bond motifs is 5. The van der Waals surface area contributed by atoms with Gasteiger partial charge in [0.15, 0.2) is 5.78 Å². The average Bonchev–Trinajstić information content (AvgIpc) is 3.25. The molecule has 138 valence electrons. The van der Waals surface area contributed by atoms with Crippen molar-refractivity contribution in [2.24, 2.45) is 40.4 Å². The van der Waals surface area contributed by atoms with Gasteiger partial charge < -0.3 is 9.84 Å². The van der Waals surface area contributed by atoms with Gasteiger partial charge >= 0.3 is 0 Å². The zero-order valence-electron chi connectivity index (χ0n) is 15.5. The van der Waals surface area contributed by atoms with Crippen LogP contribution in [0, 0.1) is 40.4 Å². The maximum atomic E-state index is 12.8. The molecule has 1 heterocycles. The van der Waals surface area contributed by atoms with Crippen molar-refractivity contribution in [1.29, 1.82) is 0 Å². The number of hydrogen-bond acceptors (Lipinski definition) is 3. The van der Waals surface area contributed by atoms with Gasteiger partial charge in [0.25, 0.3) is 0 Å². The first-order valence-corrected chi connectivity index (χ1v) is 10.9. The molecule has 6 fully saturated rings. The zero-order valence-corrected chi connectivity index (χ0v) is 15.5. The van der Waals surface area contributed by atoms with Gasteiger partial charge in [-0.3, -0.25) is 4.79 Å². The molecule has 1 spiro atoms. The highest BCUT2D eigenvalue weighted by Crippen LogP contribution is 2.70. The van der Waals surface area contributed by atoms with Gasteiger partial charge in [0.05, 0.1) is 12.2 Å². The van der Waals surface area contributed by atoms with Crippen LogP contribution in [0.3, 0.4) is 0 Å². The van der Waals surface area contributed by atoms with Gasteiger partial charge in [-0.1, -0.05) is 6.92 Å². The van der Waals surface area contributed by atoms with E-state index in [4.69, 9.17) is 4.74 Å². The summed E-state index contributed by atoms with van der Waals surface area (Å²) in [6, 6.07) is 0. The molecular weight excluding hydrogens is 312 g/mol. The van der Waals surface area contributed by atoms with Crippen LogP contribution in [0.5, 0.6) is 0 Å². The molecule has 0 aromatic heterocycles. The summed E-state index contributed by atoms with van der Waals surface area (Å²) in [6.45, 7) is 2.55. The Hall–Kier alpha value is -0.410. The van der Waals surface area contributed by atoms with E-state index in [-0.39, 0.29) is 18.3 Å². The minimum absolute atomic E-state index is 0.0137. The highest BCUT2D eigenvalue weighted by molar-refractivity contribution is 5.90. The Balaban J connectivity index is 1.33. The highest BCUT2D eigenvalue weighted by atomic mass is 16.6. The summed E-state index contributed by atoms with van der Waals surface area (Å²) in [6.07, 6.45) is 12.3. The summed E-state index contributed by atoms with van der Waals surface area (Å²) in [4.78, 5) is 12.8. The zero-order chi connectivity index (χ0) is 17.0. The molecule has 0 bridgehead atoms. The summed E-state index contributed by atoms with van der Waals surface area (Å²) in [5.74, 6) is 3.96. The lowest BCUT2D eigenvalue weighted by Gasteiger charge is -2.61. The monoisotopic (exact) mass is 344 g/mol. The van der Waals surface area contributed by atoms with E-state index < -0.39 is 0 Å². The topological polar surface area (TPSA) is 49.8 Å². The molecular formula is C22H32O3. The van der Waals surface area contributed by atoms with Crippen molar-refractivity contribution in [2.45, 2.75) is 89.4 Å². The Morgan fingerprint density at radius 3 is 2.80 bits per heavy atom. The first-order valence-electron chi connectivity index (χ1n) is 10.9. The maximum Gasteiger partial charge on any atom is 0.167 e. The van der Waals surface area contributed by atoms with Crippen molar-refractivity contribution in [1.82, 2.24) is 0 Å². The van der Waals surface area contributed by atoms with E-state index in [1.165, 1.54) is 44.9 Å². The lowest BCUT2D eigenvalue weighted by Crippen LogP contribution is -2.56. The van der Waals surface area contributed by atoms with Crippen LogP contribution in [0.2, 0.25) is 0 Å². The van der Waals surface area contributed by atoms with Crippen molar-refractivity contribution < 1.29 is 14.6 Å². The summed E-state index contributed by atoms with van der Waals surface area (Å²) in [5, 5.41) is 10.2. The SMILES string of the molecule is C[C@]12CC[C@@H](O)C[C@H]1CC[C@@H]1[C@@H]2CC[C@]23C[C@@H]4O[C@@H]4C(=O)[C@H]2CC[C@@H]13. The normalized spacial score (nSPS) is 62.2. The molecule has 0 amide bonds. The van der Waals surface area contributed by atoms with Crippen LogP contribution < -0.4 is 0 Å². The molecule has 1 aliphatic heterocycles. The van der Waals surface area contributed by atoms with Gasteiger partial charge in [0, 0.05) is 5.92 Å². The second-order valence-electron chi connectivity index (χ2n) is 10.7. The molecule has 10 atom stereocenters. The molecule has 0 aromatic carbocycles. The average molecular weight is 344 g/mol. The molecule has 25 heavy (non-hydrogen) atoms. The van der Waals surface area contributed by atoms with Crippen LogP contribution in [-0.2, 0) is 9.53 Å². The van der Waals surface area contributed by atoms with E-state index in [0.717, 1.165) is 42.9 Å². The van der Waals surface area contributed by atoms with Crippen LogP contribution in [0.25, 0.3) is 0 Å². The van der Waals surface area contributed by atoms with Gasteiger partial charge in [0.2, 0.25) is 0 Å². The molecule has 5 saturated carbocycles. The Labute approximate surface area is 150 Å². The van der Waals surface area contributed by atoms with Crippen LogP contribution in [0.1, 0.15) is 71.1 Å². The van der Waals surface area contributed by atoms with E-state index in [0.29, 0.717) is 22.5 Å². The van der Waals surface area contributed by atoms with E-state index in [1.54, 1.807) is 0 Å². The number of Topliss-reactive ketones (excluding diaryl/α,β-unsaturated/α-hetero) is 1. The second kappa shape index (κ2) is 4.90. The number of aliphatic hydroxyl groups is 1. The maximum absolute atomic E-state index is 12.8. The highest BCUT2D eigenvalue weighted by Gasteiger charge is 2.69. The largest absolute Gasteiger partial charge is 0.393 e. The van der Waals surface area contributed by atoms with Crippen molar-refractivity contribution >= 4 is 5.78 Å². The predicted octanol–water partition coefficient (Wildman–Crippen LogP) is 3.73. The number of hydrogen-bond donors (Lipinski definition) is 1. The second-order valence-corrected chi connectivity index (χ2v) is 10.7. The van der Waals surface area contributed by atoms with Crippen molar-refractivity contribution in [3.05, 3.63) is 0 Å². The molecule has 1 saturated heterocycles. The fraction of sp³-hybridized carbons (Fsp3) is 0.955. The molecule has 6 rings (SSSR count). The number of ketones is 1. The summed E-state index contributed by atoms with van der Waals surface area (Å²) >= 11 is 0. The third-order valence-corrected chi connectivity index (χ3v) is 10.1. The van der Waals surface area contributed by atoms with Crippen LogP contribution in [-0.4, -0.2) is 29.2 Å². The minimum atomic E-state index is -0.0552. The van der Waals surface area contributed by atoms with E-state index in [2.05, 4.69) is 6.92 Å². The number of epoxide rings is 1. The molecule has 0 unspecified atom stereocenters. The van der Waals surface area contributed by atoms with E-state index in [1.807, 2.05) is 0 Å². The van der Waals surface area contributed by atoms with Gasteiger partial charge in [0.1, 0.15) is 6.10 Å². The third kappa shape index (κ3) is 1.87. The van der Waals surface area contributed by atoms with Crippen molar-refractivity contribution in [2.75, 3.05) is 0 Å². The first-order chi connectivity index (χ1) is 12.0. The number of carbonyl (C=O) groups is 1. The number of aliphatic hydroxyl groups excluding tert-OH is 1. The van der Waals surface area contributed by atoms with Gasteiger partial charge in [-0.2, -0.15) is 0 Å². The Kier molecular flexibility index (Phi) is 3.06. The molecule has 3 nitrogen and oxygen atoms in total. The first kappa shape index (κ1) is 15.6. The fourth-order valence-electron chi connectivity index (χ4n) is 8.99. The van der Waals surface area contributed by atoms with Gasteiger partial charge in [-0.05, 0) is 98.7 Å². The van der Waals surface area contributed by atoms with Gasteiger partial charge in [-0.25, -0.2) is 0 Å². The fourth-order valence-corrected chi connectivity index (χ4v) is 8.99. The smallest absolute Gasteiger partial charge is 0.167 e. The van der Waals surface area contributed by atoms with Crippen LogP contribution >= 0.6 is 0 Å². The number of carbonyl (C=O) groups excluding carboxylic acids is 1. The quantitative estimate of drug-likeness (QED) is 0.681. The molecule has 6 aliphatic rings. The molecule has 3 heteroatoms. The molecule has 5 aliphatic carbocycles. The van der Waals surface area contributed by atoms with Crippen LogP contribution in [0.15, 0.2) is 0 Å². The minimum Gasteiger partial charge on any atom is -0.393 e. The Morgan fingerprint density at radius 1 is 1.04 bits per heavy atom. The van der Waals surface area contributed by atoms with Crippen molar-refractivity contribution in [3.63, 3.8) is 0 Å². The molecule has 1 N–H and O–H groups in total. The molecule has 0 aromatic rings. The standard InChI is InChI=1S/C22H32O3/c1-21-8-6-13(23)10-12(21)2-3-14-15(21)7-9-22-11-18-20(25-18)19(24)17(22)5-4-16(14)22/h12-18,20,23H,2-11H2,1H3/t12-,13-,14-,15+,16+,17-,18+,20+,21+,22-/m1/s1. The Morgan fingerprint density at radius 2 is 1.92 bits per heavy atom. The van der Waals surface area contributed by atoms with Crippen LogP contribution in [0.4, 0.5) is 0 Å². The van der Waals surface area contributed by atoms with Gasteiger partial charge in [-0.15, -0.1) is 0 Å². The summed E-state index contributed by atoms with van der Waals surface area (Å²) in [5.41, 5.74) is 0.742. The predicted molar refractivity (Wildman–Crippen MR) is 93.8 cm³/mol. The third-order valence-electron chi connectivity index (χ3n) is 10.1. The Bertz CT molecular complexity index is 616.